The average molecular weight is 405 g/mol. The Morgan fingerprint density at radius 1 is 0.633 bits per heavy atom. The van der Waals surface area contributed by atoms with Crippen LogP contribution in [0.5, 0.6) is 0 Å². The third-order valence-electron chi connectivity index (χ3n) is 5.78. The van der Waals surface area contributed by atoms with E-state index in [4.69, 9.17) is 0 Å². The fourth-order valence-electron chi connectivity index (χ4n) is 4.45. The highest BCUT2D eigenvalue weighted by Gasteiger charge is 2.18. The first-order chi connectivity index (χ1) is 14.7. The predicted octanol–water partition coefficient (Wildman–Crippen LogP) is 7.94. The van der Waals surface area contributed by atoms with Crippen molar-refractivity contribution in [2.45, 2.75) is 0 Å². The third kappa shape index (κ3) is 2.38. The number of hydrogen-bond acceptors (Lipinski definition) is 3. The molecule has 142 valence electrons. The second-order valence-electron chi connectivity index (χ2n) is 7.38. The third-order valence-corrected chi connectivity index (χ3v) is 6.98. The van der Waals surface area contributed by atoms with Crippen molar-refractivity contribution in [2.24, 2.45) is 0 Å². The molecular weight excluding hydrogens is 390 g/mol. The Morgan fingerprint density at radius 2 is 1.33 bits per heavy atom. The van der Waals surface area contributed by atoms with Crippen LogP contribution in [0.1, 0.15) is 0 Å². The monoisotopic (exact) mass is 405 g/mol. The molecule has 4 heteroatoms. The minimum absolute atomic E-state index is 0.130. The van der Waals surface area contributed by atoms with Gasteiger partial charge in [-0.2, -0.15) is 0 Å². The number of thiophene rings is 1. The van der Waals surface area contributed by atoms with Gasteiger partial charge in [0.05, 0.1) is 10.5 Å². The van der Waals surface area contributed by atoms with E-state index >= 15 is 0 Å². The number of nitrogens with zero attached hydrogens (tertiary/aromatic N) is 1. The summed E-state index contributed by atoms with van der Waals surface area (Å²) in [6.45, 7) is 0. The lowest BCUT2D eigenvalue weighted by Gasteiger charge is -2.11. The first kappa shape index (κ1) is 17.1. The van der Waals surface area contributed by atoms with Crippen molar-refractivity contribution in [3.63, 3.8) is 0 Å². The molecule has 1 aromatic heterocycles. The molecule has 30 heavy (non-hydrogen) atoms. The zero-order valence-electron chi connectivity index (χ0n) is 15.8. The lowest BCUT2D eigenvalue weighted by atomic mass is 9.93. The zero-order chi connectivity index (χ0) is 20.2. The van der Waals surface area contributed by atoms with Crippen LogP contribution in [0.2, 0.25) is 0 Å². The van der Waals surface area contributed by atoms with Crippen LogP contribution in [0.4, 0.5) is 5.69 Å². The number of nitro groups is 1. The summed E-state index contributed by atoms with van der Waals surface area (Å²) in [7, 11) is 0. The van der Waals surface area contributed by atoms with Gasteiger partial charge in [0.15, 0.2) is 0 Å². The molecule has 0 N–H and O–H groups in total. The van der Waals surface area contributed by atoms with Crippen LogP contribution in [-0.2, 0) is 0 Å². The molecule has 1 heterocycles. The summed E-state index contributed by atoms with van der Waals surface area (Å²) in [5.41, 5.74) is 1.67. The number of benzene rings is 5. The molecule has 0 saturated heterocycles. The molecule has 0 radical (unpaired) electrons. The summed E-state index contributed by atoms with van der Waals surface area (Å²) in [5, 5.41) is 18.7. The zero-order valence-corrected chi connectivity index (χ0v) is 16.6. The Morgan fingerprint density at radius 3 is 2.20 bits per heavy atom. The molecule has 0 spiro atoms. The van der Waals surface area contributed by atoms with Gasteiger partial charge in [0.25, 0.3) is 5.69 Å². The van der Waals surface area contributed by atoms with Gasteiger partial charge in [0.1, 0.15) is 0 Å². The van der Waals surface area contributed by atoms with Gasteiger partial charge in [-0.1, -0.05) is 72.8 Å². The van der Waals surface area contributed by atoms with Gasteiger partial charge >= 0.3 is 0 Å². The Bertz CT molecular complexity index is 1630. The van der Waals surface area contributed by atoms with Gasteiger partial charge in [0, 0.05) is 31.6 Å². The number of fused-ring (bicyclic) bond motifs is 7. The summed E-state index contributed by atoms with van der Waals surface area (Å²) < 4.78 is 2.53. The van der Waals surface area contributed by atoms with E-state index in [0.29, 0.717) is 5.56 Å². The van der Waals surface area contributed by atoms with E-state index in [1.807, 2.05) is 35.6 Å². The topological polar surface area (TPSA) is 43.1 Å². The first-order valence-electron chi connectivity index (χ1n) is 9.72. The first-order valence-corrected chi connectivity index (χ1v) is 10.5. The molecule has 0 atom stereocenters. The summed E-state index contributed by atoms with van der Waals surface area (Å²) in [6, 6.07) is 30.1. The maximum Gasteiger partial charge on any atom is 0.277 e. The van der Waals surface area contributed by atoms with Gasteiger partial charge in [-0.15, -0.1) is 11.3 Å². The summed E-state index contributed by atoms with van der Waals surface area (Å²) >= 11 is 1.81. The lowest BCUT2D eigenvalue weighted by Crippen LogP contribution is -1.92. The summed E-state index contributed by atoms with van der Waals surface area (Å²) in [5.74, 6) is 0. The summed E-state index contributed by atoms with van der Waals surface area (Å²) in [4.78, 5) is 11.3. The van der Waals surface area contributed by atoms with E-state index in [2.05, 4.69) is 54.6 Å². The van der Waals surface area contributed by atoms with Gasteiger partial charge in [0.2, 0.25) is 0 Å². The molecule has 0 amide bonds. The molecule has 0 aliphatic rings. The number of hydrogen-bond donors (Lipinski definition) is 0. The van der Waals surface area contributed by atoms with E-state index < -0.39 is 0 Å². The molecule has 0 bridgehead atoms. The molecule has 0 aliphatic carbocycles. The van der Waals surface area contributed by atoms with Crippen molar-refractivity contribution in [1.82, 2.24) is 0 Å². The Hall–Kier alpha value is -3.76. The van der Waals surface area contributed by atoms with Gasteiger partial charge < -0.3 is 0 Å². The largest absolute Gasteiger partial charge is 0.277 e. The van der Waals surface area contributed by atoms with Crippen LogP contribution < -0.4 is 0 Å². The fourth-order valence-corrected chi connectivity index (χ4v) is 5.72. The van der Waals surface area contributed by atoms with Crippen molar-refractivity contribution in [3.05, 3.63) is 101 Å². The van der Waals surface area contributed by atoms with Gasteiger partial charge in [-0.3, -0.25) is 10.1 Å². The molecule has 0 aliphatic heterocycles. The van der Waals surface area contributed by atoms with E-state index in [1.54, 1.807) is 12.1 Å². The quantitative estimate of drug-likeness (QED) is 0.167. The molecule has 6 rings (SSSR count). The van der Waals surface area contributed by atoms with Crippen LogP contribution in [0, 0.1) is 10.1 Å². The fraction of sp³-hybridized carbons (Fsp3) is 0. The molecule has 3 nitrogen and oxygen atoms in total. The number of nitro benzene ring substituents is 1. The Labute approximate surface area is 176 Å². The Balaban J connectivity index is 1.77. The van der Waals surface area contributed by atoms with Crippen molar-refractivity contribution < 1.29 is 4.92 Å². The van der Waals surface area contributed by atoms with Crippen molar-refractivity contribution in [1.29, 1.82) is 0 Å². The second kappa shape index (κ2) is 6.37. The molecule has 6 aromatic rings. The van der Waals surface area contributed by atoms with E-state index in [-0.39, 0.29) is 10.6 Å². The van der Waals surface area contributed by atoms with Crippen LogP contribution >= 0.6 is 11.3 Å². The van der Waals surface area contributed by atoms with Crippen molar-refractivity contribution >= 4 is 58.7 Å². The SMILES string of the molecule is O=[N+]([O-])c1ccccc1-c1cccc2c1ccc1ccc3c4ccccc4sc3c12. The average Bonchev–Trinajstić information content (AvgIpc) is 3.17. The highest BCUT2D eigenvalue weighted by molar-refractivity contribution is 7.26. The smallest absolute Gasteiger partial charge is 0.258 e. The minimum Gasteiger partial charge on any atom is -0.258 e. The number of para-hydroxylation sites is 1. The molecule has 0 saturated carbocycles. The molecule has 0 unspecified atom stereocenters. The van der Waals surface area contributed by atoms with Gasteiger partial charge in [-0.25, -0.2) is 0 Å². The van der Waals surface area contributed by atoms with Crippen LogP contribution in [0.3, 0.4) is 0 Å². The molecule has 5 aromatic carbocycles. The van der Waals surface area contributed by atoms with Crippen molar-refractivity contribution in [3.8, 4) is 11.1 Å². The normalized spacial score (nSPS) is 11.6. The maximum absolute atomic E-state index is 11.6. The van der Waals surface area contributed by atoms with Crippen LogP contribution in [0.15, 0.2) is 91.0 Å². The van der Waals surface area contributed by atoms with Gasteiger partial charge in [-0.05, 0) is 33.9 Å². The van der Waals surface area contributed by atoms with Crippen LogP contribution in [-0.4, -0.2) is 4.92 Å². The maximum atomic E-state index is 11.6. The summed E-state index contributed by atoms with van der Waals surface area (Å²) in [6.07, 6.45) is 0. The molecule has 0 fully saturated rings. The second-order valence-corrected chi connectivity index (χ2v) is 8.43. The Kier molecular flexibility index (Phi) is 3.64. The van der Waals surface area contributed by atoms with E-state index in [9.17, 15) is 10.1 Å². The van der Waals surface area contributed by atoms with Crippen molar-refractivity contribution in [2.75, 3.05) is 0 Å². The highest BCUT2D eigenvalue weighted by Crippen LogP contribution is 2.43. The van der Waals surface area contributed by atoms with E-state index in [1.165, 1.54) is 30.9 Å². The highest BCUT2D eigenvalue weighted by atomic mass is 32.1. The predicted molar refractivity (Wildman–Crippen MR) is 126 cm³/mol. The van der Waals surface area contributed by atoms with E-state index in [0.717, 1.165) is 16.3 Å². The van der Waals surface area contributed by atoms with Crippen LogP contribution in [0.25, 0.3) is 52.8 Å². The molecular formula is C26H15NO2S. The minimum atomic E-state index is -0.306. The number of rotatable bonds is 2. The standard InChI is InChI=1S/C26H15NO2S/c28-27(29)23-10-3-1-6-19(23)17-8-5-9-21-18(17)14-12-16-13-15-22-20-7-2-4-11-24(20)30-26(22)25(16)21/h1-15H. The lowest BCUT2D eigenvalue weighted by molar-refractivity contribution is -0.384.